The molecule has 0 atom stereocenters. The number of hydrogen-bond acceptors (Lipinski definition) is 3. The predicted molar refractivity (Wildman–Crippen MR) is 82.4 cm³/mol. The summed E-state index contributed by atoms with van der Waals surface area (Å²) in [6.45, 7) is 1.71. The maximum absolute atomic E-state index is 12.7. The van der Waals surface area contributed by atoms with Gasteiger partial charge in [-0.15, -0.1) is 0 Å². The molecule has 1 aromatic rings. The lowest BCUT2D eigenvalue weighted by atomic mass is 9.90. The van der Waals surface area contributed by atoms with Crippen LogP contribution in [0.3, 0.4) is 0 Å². The van der Waals surface area contributed by atoms with E-state index in [1.54, 1.807) is 12.1 Å². The SMILES string of the molecule is O=S(=O)(c1cccc(Cl)c1Cl)N1CCC2(CCCO2)CC1. The van der Waals surface area contributed by atoms with Gasteiger partial charge in [0.1, 0.15) is 4.90 Å². The van der Waals surface area contributed by atoms with E-state index < -0.39 is 10.0 Å². The average Bonchev–Trinajstić information content (AvgIpc) is 2.90. The van der Waals surface area contributed by atoms with Crippen molar-refractivity contribution in [1.29, 1.82) is 0 Å². The zero-order valence-corrected chi connectivity index (χ0v) is 13.8. The molecule has 0 unspecified atom stereocenters. The van der Waals surface area contributed by atoms with Gasteiger partial charge >= 0.3 is 0 Å². The van der Waals surface area contributed by atoms with Crippen LogP contribution >= 0.6 is 23.2 Å². The molecular formula is C14H17Cl2NO3S. The van der Waals surface area contributed by atoms with Gasteiger partial charge in [-0.25, -0.2) is 8.42 Å². The van der Waals surface area contributed by atoms with Crippen LogP contribution in [0, 0.1) is 0 Å². The van der Waals surface area contributed by atoms with Gasteiger partial charge in [0.15, 0.2) is 0 Å². The Morgan fingerprint density at radius 2 is 1.86 bits per heavy atom. The normalized spacial score (nSPS) is 22.8. The highest BCUT2D eigenvalue weighted by molar-refractivity contribution is 7.89. The highest BCUT2D eigenvalue weighted by Crippen LogP contribution is 2.38. The molecule has 21 heavy (non-hydrogen) atoms. The first-order chi connectivity index (χ1) is 9.95. The Labute approximate surface area is 135 Å². The smallest absolute Gasteiger partial charge is 0.244 e. The van der Waals surface area contributed by atoms with Crippen LogP contribution in [0.25, 0.3) is 0 Å². The second-order valence-electron chi connectivity index (χ2n) is 5.59. The molecule has 2 fully saturated rings. The Morgan fingerprint density at radius 1 is 1.14 bits per heavy atom. The van der Waals surface area contributed by atoms with Crippen molar-refractivity contribution < 1.29 is 13.2 Å². The standard InChI is InChI=1S/C14H17Cl2NO3S/c15-11-3-1-4-12(13(11)16)21(18,19)17-8-6-14(7-9-17)5-2-10-20-14/h1,3-4H,2,5-10H2. The van der Waals surface area contributed by atoms with Crippen LogP contribution in [0.5, 0.6) is 0 Å². The van der Waals surface area contributed by atoms with E-state index in [0.29, 0.717) is 13.1 Å². The minimum absolute atomic E-state index is 0.0833. The summed E-state index contributed by atoms with van der Waals surface area (Å²) in [5.74, 6) is 0. The molecule has 1 spiro atoms. The van der Waals surface area contributed by atoms with Crippen LogP contribution in [-0.4, -0.2) is 38.0 Å². The largest absolute Gasteiger partial charge is 0.375 e. The molecule has 2 aliphatic heterocycles. The van der Waals surface area contributed by atoms with Gasteiger partial charge in [0.2, 0.25) is 10.0 Å². The lowest BCUT2D eigenvalue weighted by Gasteiger charge is -2.38. The first kappa shape index (κ1) is 15.6. The van der Waals surface area contributed by atoms with Gasteiger partial charge in [0.25, 0.3) is 0 Å². The lowest BCUT2D eigenvalue weighted by Crippen LogP contribution is -2.46. The molecule has 3 rings (SSSR count). The fourth-order valence-electron chi connectivity index (χ4n) is 3.11. The second-order valence-corrected chi connectivity index (χ2v) is 8.28. The van der Waals surface area contributed by atoms with Gasteiger partial charge < -0.3 is 4.74 Å². The summed E-state index contributed by atoms with van der Waals surface area (Å²) in [4.78, 5) is 0.0833. The number of benzene rings is 1. The molecule has 116 valence electrons. The monoisotopic (exact) mass is 349 g/mol. The highest BCUT2D eigenvalue weighted by Gasteiger charge is 2.41. The van der Waals surface area contributed by atoms with Crippen LogP contribution in [0.1, 0.15) is 25.7 Å². The zero-order valence-electron chi connectivity index (χ0n) is 11.5. The van der Waals surface area contributed by atoms with Gasteiger partial charge in [-0.2, -0.15) is 4.31 Å². The molecule has 4 nitrogen and oxygen atoms in total. The third-order valence-electron chi connectivity index (χ3n) is 4.35. The van der Waals surface area contributed by atoms with Gasteiger partial charge in [-0.05, 0) is 37.8 Å². The van der Waals surface area contributed by atoms with E-state index in [4.69, 9.17) is 27.9 Å². The van der Waals surface area contributed by atoms with E-state index in [1.807, 2.05) is 0 Å². The Hall–Kier alpha value is -0.330. The predicted octanol–water partition coefficient (Wildman–Crippen LogP) is 3.33. The third kappa shape index (κ3) is 2.82. The fourth-order valence-corrected chi connectivity index (χ4v) is 5.28. The minimum Gasteiger partial charge on any atom is -0.375 e. The number of hydrogen-bond donors (Lipinski definition) is 0. The average molecular weight is 350 g/mol. The number of piperidine rings is 1. The maximum Gasteiger partial charge on any atom is 0.244 e. The molecule has 0 saturated carbocycles. The molecule has 2 saturated heterocycles. The van der Waals surface area contributed by atoms with Crippen molar-refractivity contribution in [2.24, 2.45) is 0 Å². The number of nitrogens with zero attached hydrogens (tertiary/aromatic N) is 1. The van der Waals surface area contributed by atoms with Crippen molar-refractivity contribution in [2.75, 3.05) is 19.7 Å². The van der Waals surface area contributed by atoms with Crippen LogP contribution in [0.4, 0.5) is 0 Å². The van der Waals surface area contributed by atoms with E-state index in [2.05, 4.69) is 0 Å². The van der Waals surface area contributed by atoms with Crippen LogP contribution in [0.15, 0.2) is 23.1 Å². The molecule has 0 bridgehead atoms. The van der Waals surface area contributed by atoms with E-state index >= 15 is 0 Å². The van der Waals surface area contributed by atoms with Crippen molar-refractivity contribution in [3.05, 3.63) is 28.2 Å². The van der Waals surface area contributed by atoms with Gasteiger partial charge in [-0.1, -0.05) is 29.3 Å². The summed E-state index contributed by atoms with van der Waals surface area (Å²) in [6.07, 6.45) is 3.57. The summed E-state index contributed by atoms with van der Waals surface area (Å²) in [5.41, 5.74) is -0.107. The van der Waals surface area contributed by atoms with Crippen molar-refractivity contribution in [3.8, 4) is 0 Å². The van der Waals surface area contributed by atoms with Crippen molar-refractivity contribution in [1.82, 2.24) is 4.31 Å². The van der Waals surface area contributed by atoms with Crippen LogP contribution < -0.4 is 0 Å². The summed E-state index contributed by atoms with van der Waals surface area (Å²) in [6, 6.07) is 4.69. The zero-order chi connectivity index (χ0) is 15.1. The summed E-state index contributed by atoms with van der Waals surface area (Å²) in [5, 5.41) is 0.349. The minimum atomic E-state index is -3.60. The third-order valence-corrected chi connectivity index (χ3v) is 7.22. The Balaban J connectivity index is 1.82. The molecule has 2 aliphatic rings. The quantitative estimate of drug-likeness (QED) is 0.822. The molecular weight excluding hydrogens is 333 g/mol. The first-order valence-electron chi connectivity index (χ1n) is 7.03. The molecule has 0 aromatic heterocycles. The second kappa shape index (κ2) is 5.70. The Kier molecular flexibility index (Phi) is 4.23. The Morgan fingerprint density at radius 3 is 2.48 bits per heavy atom. The molecule has 7 heteroatoms. The molecule has 0 radical (unpaired) electrons. The van der Waals surface area contributed by atoms with Crippen molar-refractivity contribution >= 4 is 33.2 Å². The molecule has 0 N–H and O–H groups in total. The van der Waals surface area contributed by atoms with E-state index in [0.717, 1.165) is 32.3 Å². The van der Waals surface area contributed by atoms with Gasteiger partial charge in [-0.3, -0.25) is 0 Å². The van der Waals surface area contributed by atoms with E-state index in [1.165, 1.54) is 10.4 Å². The van der Waals surface area contributed by atoms with Crippen molar-refractivity contribution in [3.63, 3.8) is 0 Å². The van der Waals surface area contributed by atoms with Gasteiger partial charge in [0.05, 0.1) is 15.6 Å². The van der Waals surface area contributed by atoms with Crippen molar-refractivity contribution in [2.45, 2.75) is 36.2 Å². The van der Waals surface area contributed by atoms with Crippen LogP contribution in [0.2, 0.25) is 10.0 Å². The first-order valence-corrected chi connectivity index (χ1v) is 9.22. The van der Waals surface area contributed by atoms with E-state index in [-0.39, 0.29) is 20.5 Å². The number of ether oxygens (including phenoxy) is 1. The number of sulfonamides is 1. The summed E-state index contributed by atoms with van der Waals surface area (Å²) < 4.78 is 32.7. The topological polar surface area (TPSA) is 46.6 Å². The highest BCUT2D eigenvalue weighted by atomic mass is 35.5. The summed E-state index contributed by atoms with van der Waals surface area (Å²) >= 11 is 12.0. The Bertz CT molecular complexity index is 632. The molecule has 0 aliphatic carbocycles. The number of halogens is 2. The molecule has 1 aromatic carbocycles. The van der Waals surface area contributed by atoms with Gasteiger partial charge in [0, 0.05) is 19.7 Å². The van der Waals surface area contributed by atoms with E-state index in [9.17, 15) is 8.42 Å². The fraction of sp³-hybridized carbons (Fsp3) is 0.571. The summed E-state index contributed by atoms with van der Waals surface area (Å²) in [7, 11) is -3.60. The molecule has 2 heterocycles. The molecule has 0 amide bonds. The lowest BCUT2D eigenvalue weighted by molar-refractivity contribution is -0.0309. The maximum atomic E-state index is 12.7. The number of rotatable bonds is 2. The van der Waals surface area contributed by atoms with Crippen LogP contribution in [-0.2, 0) is 14.8 Å².